The van der Waals surface area contributed by atoms with Gasteiger partial charge in [0.1, 0.15) is 0 Å². The molecule has 0 saturated carbocycles. The summed E-state index contributed by atoms with van der Waals surface area (Å²) in [7, 11) is -2.76. The number of benzene rings is 1. The van der Waals surface area contributed by atoms with Crippen molar-refractivity contribution < 1.29 is 31.5 Å². The van der Waals surface area contributed by atoms with E-state index < -0.39 is 22.0 Å². The molecular formula is C16H22F3NO4S2. The fourth-order valence-corrected chi connectivity index (χ4v) is 4.50. The van der Waals surface area contributed by atoms with E-state index in [9.17, 15) is 21.6 Å². The predicted octanol–water partition coefficient (Wildman–Crippen LogP) is 2.84. The Balaban J connectivity index is 0.000000412. The number of halogens is 3. The van der Waals surface area contributed by atoms with Crippen molar-refractivity contribution in [1.82, 2.24) is 4.90 Å². The van der Waals surface area contributed by atoms with Gasteiger partial charge in [0.05, 0.1) is 11.5 Å². The average Bonchev–Trinajstić information content (AvgIpc) is 2.51. The van der Waals surface area contributed by atoms with Gasteiger partial charge in [0, 0.05) is 29.8 Å². The molecule has 1 unspecified atom stereocenters. The monoisotopic (exact) mass is 413 g/mol. The third-order valence-electron chi connectivity index (χ3n) is 3.55. The predicted molar refractivity (Wildman–Crippen MR) is 95.3 cm³/mol. The number of aliphatic carboxylic acids is 1. The average molecular weight is 413 g/mol. The molecule has 1 aliphatic heterocycles. The minimum absolute atomic E-state index is 0.314. The van der Waals surface area contributed by atoms with Gasteiger partial charge < -0.3 is 10.0 Å². The molecule has 1 atom stereocenters. The van der Waals surface area contributed by atoms with Crippen molar-refractivity contribution in [1.29, 1.82) is 0 Å². The lowest BCUT2D eigenvalue weighted by molar-refractivity contribution is -0.192. The van der Waals surface area contributed by atoms with Crippen LogP contribution in [-0.2, 0) is 14.6 Å². The van der Waals surface area contributed by atoms with E-state index in [2.05, 4.69) is 43.0 Å². The van der Waals surface area contributed by atoms with Gasteiger partial charge in [0.2, 0.25) is 0 Å². The van der Waals surface area contributed by atoms with Crippen molar-refractivity contribution >= 4 is 27.6 Å². The quantitative estimate of drug-likeness (QED) is 0.765. The molecule has 0 aromatic heterocycles. The first-order valence-electron chi connectivity index (χ1n) is 7.85. The van der Waals surface area contributed by atoms with E-state index in [4.69, 9.17) is 9.90 Å². The zero-order valence-electron chi connectivity index (χ0n) is 14.5. The molecule has 1 heterocycles. The number of aryl methyl sites for hydroxylation is 1. The van der Waals surface area contributed by atoms with Crippen LogP contribution in [0.4, 0.5) is 13.2 Å². The van der Waals surface area contributed by atoms with Crippen molar-refractivity contribution in [3.63, 3.8) is 0 Å². The van der Waals surface area contributed by atoms with Gasteiger partial charge in [0.15, 0.2) is 9.84 Å². The second kappa shape index (κ2) is 9.61. The largest absolute Gasteiger partial charge is 0.490 e. The van der Waals surface area contributed by atoms with E-state index in [1.165, 1.54) is 10.5 Å². The summed E-state index contributed by atoms with van der Waals surface area (Å²) >= 11 is 1.85. The highest BCUT2D eigenvalue weighted by Crippen LogP contribution is 2.24. The van der Waals surface area contributed by atoms with Crippen LogP contribution in [0.3, 0.4) is 0 Å². The Bertz CT molecular complexity index is 676. The molecule has 5 nitrogen and oxygen atoms in total. The van der Waals surface area contributed by atoms with Gasteiger partial charge in [-0.1, -0.05) is 24.6 Å². The minimum atomic E-state index is -5.08. The van der Waals surface area contributed by atoms with Crippen LogP contribution >= 0.6 is 11.8 Å². The minimum Gasteiger partial charge on any atom is -0.475 e. The normalized spacial score (nSPS) is 18.5. The van der Waals surface area contributed by atoms with E-state index >= 15 is 0 Å². The Morgan fingerprint density at radius 3 is 2.12 bits per heavy atom. The van der Waals surface area contributed by atoms with E-state index in [0.29, 0.717) is 29.8 Å². The molecule has 26 heavy (non-hydrogen) atoms. The molecule has 1 saturated heterocycles. The van der Waals surface area contributed by atoms with Crippen LogP contribution in [0.5, 0.6) is 0 Å². The van der Waals surface area contributed by atoms with Crippen LogP contribution in [0.25, 0.3) is 0 Å². The first kappa shape index (κ1) is 22.8. The summed E-state index contributed by atoms with van der Waals surface area (Å²) in [5.74, 6) is -2.13. The van der Waals surface area contributed by atoms with Gasteiger partial charge >= 0.3 is 12.1 Å². The first-order valence-corrected chi connectivity index (χ1v) is 10.6. The van der Waals surface area contributed by atoms with Crippen molar-refractivity contribution in [2.75, 3.05) is 31.1 Å². The van der Waals surface area contributed by atoms with E-state index in [1.54, 1.807) is 0 Å². The molecule has 0 spiro atoms. The zero-order chi connectivity index (χ0) is 20.0. The highest BCUT2D eigenvalue weighted by Gasteiger charge is 2.38. The molecule has 0 radical (unpaired) electrons. The Kier molecular flexibility index (Phi) is 8.42. The third-order valence-corrected chi connectivity index (χ3v) is 6.26. The maximum atomic E-state index is 11.4. The SMILES string of the molecule is Cc1ccc(SC(C)CN2CCS(=O)(=O)CC2)cc1.O=C(O)C(F)(F)F. The lowest BCUT2D eigenvalue weighted by Gasteiger charge is -2.28. The fraction of sp³-hybridized carbons (Fsp3) is 0.562. The lowest BCUT2D eigenvalue weighted by atomic mass is 10.2. The zero-order valence-corrected chi connectivity index (χ0v) is 16.1. The van der Waals surface area contributed by atoms with Gasteiger partial charge in [0.25, 0.3) is 0 Å². The van der Waals surface area contributed by atoms with Crippen molar-refractivity contribution in [3.05, 3.63) is 29.8 Å². The second-order valence-electron chi connectivity index (χ2n) is 6.00. The molecule has 148 valence electrons. The molecule has 10 heteroatoms. The van der Waals surface area contributed by atoms with Gasteiger partial charge in [-0.15, -0.1) is 11.8 Å². The van der Waals surface area contributed by atoms with Crippen LogP contribution in [0, 0.1) is 6.92 Å². The first-order chi connectivity index (χ1) is 11.9. The summed E-state index contributed by atoms with van der Waals surface area (Å²) in [4.78, 5) is 12.4. The number of thioether (sulfide) groups is 1. The van der Waals surface area contributed by atoms with E-state index in [-0.39, 0.29) is 0 Å². The molecule has 2 rings (SSSR count). The highest BCUT2D eigenvalue weighted by molar-refractivity contribution is 8.00. The molecule has 1 fully saturated rings. The molecule has 1 aliphatic rings. The van der Waals surface area contributed by atoms with Crippen LogP contribution in [0.1, 0.15) is 12.5 Å². The van der Waals surface area contributed by atoms with Crippen LogP contribution < -0.4 is 0 Å². The molecular weight excluding hydrogens is 391 g/mol. The summed E-state index contributed by atoms with van der Waals surface area (Å²) in [6.07, 6.45) is -5.08. The smallest absolute Gasteiger partial charge is 0.475 e. The van der Waals surface area contributed by atoms with Crippen LogP contribution in [0.15, 0.2) is 29.2 Å². The Morgan fingerprint density at radius 2 is 1.69 bits per heavy atom. The number of carboxylic acid groups (broad SMARTS) is 1. The number of hydrogen-bond acceptors (Lipinski definition) is 5. The van der Waals surface area contributed by atoms with Gasteiger partial charge in [-0.25, -0.2) is 13.2 Å². The number of carbonyl (C=O) groups is 1. The fourth-order valence-electron chi connectivity index (χ4n) is 2.18. The summed E-state index contributed by atoms with van der Waals surface area (Å²) in [6.45, 7) is 6.61. The summed E-state index contributed by atoms with van der Waals surface area (Å²) in [5.41, 5.74) is 1.28. The number of nitrogens with zero attached hydrogens (tertiary/aromatic N) is 1. The number of carboxylic acids is 1. The standard InChI is InChI=1S/C14H21NO2S2.C2HF3O2/c1-12-3-5-14(6-4-12)18-13(2)11-15-7-9-19(16,17)10-8-15;3-2(4,5)1(6)7/h3-6,13H,7-11H2,1-2H3;(H,6,7). The lowest BCUT2D eigenvalue weighted by Crippen LogP contribution is -2.42. The van der Waals surface area contributed by atoms with Gasteiger partial charge in [-0.3, -0.25) is 0 Å². The van der Waals surface area contributed by atoms with E-state index in [1.807, 2.05) is 11.8 Å². The van der Waals surface area contributed by atoms with E-state index in [0.717, 1.165) is 6.54 Å². The number of sulfone groups is 1. The van der Waals surface area contributed by atoms with Crippen molar-refractivity contribution in [3.8, 4) is 0 Å². The molecule has 0 aliphatic carbocycles. The third kappa shape index (κ3) is 8.91. The summed E-state index contributed by atoms with van der Waals surface area (Å²) in [5, 5.41) is 7.60. The Hall–Kier alpha value is -1.26. The van der Waals surface area contributed by atoms with Crippen molar-refractivity contribution in [2.45, 2.75) is 30.2 Å². The van der Waals surface area contributed by atoms with Crippen LogP contribution in [-0.4, -0.2) is 67.0 Å². The molecule has 0 amide bonds. The highest BCUT2D eigenvalue weighted by atomic mass is 32.2. The second-order valence-corrected chi connectivity index (χ2v) is 9.81. The Morgan fingerprint density at radius 1 is 1.23 bits per heavy atom. The van der Waals surface area contributed by atoms with Gasteiger partial charge in [-0.2, -0.15) is 13.2 Å². The number of alkyl halides is 3. The molecule has 1 aromatic carbocycles. The summed E-state index contributed by atoms with van der Waals surface area (Å²) in [6, 6.07) is 8.55. The maximum absolute atomic E-state index is 11.4. The molecule has 0 bridgehead atoms. The van der Waals surface area contributed by atoms with Crippen LogP contribution in [0.2, 0.25) is 0 Å². The summed E-state index contributed by atoms with van der Waals surface area (Å²) < 4.78 is 54.5. The molecule has 1 aromatic rings. The molecule has 1 N–H and O–H groups in total. The van der Waals surface area contributed by atoms with Gasteiger partial charge in [-0.05, 0) is 19.1 Å². The Labute approximate surface area is 155 Å². The maximum Gasteiger partial charge on any atom is 0.490 e. The van der Waals surface area contributed by atoms with Crippen molar-refractivity contribution in [2.24, 2.45) is 0 Å². The topological polar surface area (TPSA) is 74.7 Å². The number of hydrogen-bond donors (Lipinski definition) is 1. The number of rotatable bonds is 4.